The first-order valence-corrected chi connectivity index (χ1v) is 6.71. The van der Waals surface area contributed by atoms with Crippen LogP contribution >= 0.6 is 23.2 Å². The van der Waals surface area contributed by atoms with Crippen LogP contribution in [0.25, 0.3) is 0 Å². The van der Waals surface area contributed by atoms with Gasteiger partial charge in [0.15, 0.2) is 0 Å². The maximum absolute atomic E-state index is 6.27. The van der Waals surface area contributed by atoms with Crippen molar-refractivity contribution in [2.75, 3.05) is 6.54 Å². The van der Waals surface area contributed by atoms with Crippen molar-refractivity contribution in [2.45, 2.75) is 13.0 Å². The Morgan fingerprint density at radius 1 is 1.06 bits per heavy atom. The third kappa shape index (κ3) is 3.05. The number of rotatable bonds is 4. The van der Waals surface area contributed by atoms with E-state index in [0.29, 0.717) is 0 Å². The van der Waals surface area contributed by atoms with E-state index in [1.165, 1.54) is 0 Å². The van der Waals surface area contributed by atoms with Gasteiger partial charge in [0.2, 0.25) is 0 Å². The van der Waals surface area contributed by atoms with E-state index in [1.54, 1.807) is 0 Å². The molecule has 0 radical (unpaired) electrons. The van der Waals surface area contributed by atoms with Crippen molar-refractivity contribution in [1.29, 1.82) is 0 Å². The highest BCUT2D eigenvalue weighted by molar-refractivity contribution is 6.31. The number of benzene rings is 2. The Balaban J connectivity index is 2.43. The molecule has 0 fully saturated rings. The van der Waals surface area contributed by atoms with E-state index in [9.17, 15) is 0 Å². The average molecular weight is 280 g/mol. The fraction of sp³-hybridized carbons (Fsp3) is 0.200. The summed E-state index contributed by atoms with van der Waals surface area (Å²) in [6, 6.07) is 15.8. The zero-order chi connectivity index (χ0) is 13.0. The van der Waals surface area contributed by atoms with Gasteiger partial charge in [-0.1, -0.05) is 60.5 Å². The van der Waals surface area contributed by atoms with Crippen LogP contribution in [0.15, 0.2) is 48.5 Å². The number of hydrogen-bond acceptors (Lipinski definition) is 1. The summed E-state index contributed by atoms with van der Waals surface area (Å²) in [4.78, 5) is 0. The molecule has 0 aliphatic rings. The van der Waals surface area contributed by atoms with E-state index in [2.05, 4.69) is 18.3 Å². The molecule has 0 amide bonds. The lowest BCUT2D eigenvalue weighted by molar-refractivity contribution is 0.631. The molecule has 0 heterocycles. The van der Waals surface area contributed by atoms with Crippen LogP contribution in [0.2, 0.25) is 10.0 Å². The highest BCUT2D eigenvalue weighted by atomic mass is 35.5. The van der Waals surface area contributed by atoms with Crippen LogP contribution in [0.1, 0.15) is 24.1 Å². The molecular formula is C15H15Cl2N. The first-order chi connectivity index (χ1) is 8.72. The first kappa shape index (κ1) is 13.4. The molecule has 2 rings (SSSR count). The summed E-state index contributed by atoms with van der Waals surface area (Å²) >= 11 is 12.3. The number of nitrogens with one attached hydrogen (secondary N) is 1. The van der Waals surface area contributed by atoms with Gasteiger partial charge >= 0.3 is 0 Å². The summed E-state index contributed by atoms with van der Waals surface area (Å²) < 4.78 is 0. The molecule has 1 atom stereocenters. The third-order valence-electron chi connectivity index (χ3n) is 2.81. The zero-order valence-electron chi connectivity index (χ0n) is 10.2. The summed E-state index contributed by atoms with van der Waals surface area (Å²) in [7, 11) is 0. The molecular weight excluding hydrogens is 265 g/mol. The topological polar surface area (TPSA) is 12.0 Å². The molecule has 0 aliphatic heterocycles. The van der Waals surface area contributed by atoms with Crippen LogP contribution in [-0.2, 0) is 0 Å². The monoisotopic (exact) mass is 279 g/mol. The molecule has 1 nitrogen and oxygen atoms in total. The van der Waals surface area contributed by atoms with Crippen LogP contribution < -0.4 is 5.32 Å². The lowest BCUT2D eigenvalue weighted by Gasteiger charge is -2.20. The van der Waals surface area contributed by atoms with Gasteiger partial charge in [0.25, 0.3) is 0 Å². The Kier molecular flexibility index (Phi) is 4.65. The van der Waals surface area contributed by atoms with Crippen LogP contribution in [0.4, 0.5) is 0 Å². The van der Waals surface area contributed by atoms with Crippen molar-refractivity contribution in [2.24, 2.45) is 0 Å². The van der Waals surface area contributed by atoms with E-state index >= 15 is 0 Å². The van der Waals surface area contributed by atoms with Gasteiger partial charge in [-0.25, -0.2) is 0 Å². The summed E-state index contributed by atoms with van der Waals surface area (Å²) in [6.45, 7) is 2.94. The average Bonchev–Trinajstić information content (AvgIpc) is 2.37. The molecule has 2 aromatic rings. The third-order valence-corrected chi connectivity index (χ3v) is 3.39. The highest BCUT2D eigenvalue weighted by Crippen LogP contribution is 2.29. The zero-order valence-corrected chi connectivity index (χ0v) is 11.7. The van der Waals surface area contributed by atoms with E-state index < -0.39 is 0 Å². The van der Waals surface area contributed by atoms with Gasteiger partial charge in [0.1, 0.15) is 0 Å². The first-order valence-electron chi connectivity index (χ1n) is 5.95. The maximum Gasteiger partial charge on any atom is 0.0591 e. The Hall–Kier alpha value is -1.02. The Morgan fingerprint density at radius 2 is 1.83 bits per heavy atom. The minimum atomic E-state index is 0.0717. The van der Waals surface area contributed by atoms with Gasteiger partial charge in [-0.3, -0.25) is 0 Å². The standard InChI is InChI=1S/C15H15Cl2N/c1-2-18-15(11-6-5-7-12(16)10-11)13-8-3-4-9-14(13)17/h3-10,15,18H,2H2,1H3. The fourth-order valence-corrected chi connectivity index (χ4v) is 2.45. The van der Waals surface area contributed by atoms with Crippen molar-refractivity contribution in [3.05, 3.63) is 69.7 Å². The SMILES string of the molecule is CCNC(c1cccc(Cl)c1)c1ccccc1Cl. The molecule has 18 heavy (non-hydrogen) atoms. The van der Waals surface area contributed by atoms with Crippen molar-refractivity contribution in [3.8, 4) is 0 Å². The van der Waals surface area contributed by atoms with Gasteiger partial charge in [-0.05, 0) is 35.9 Å². The lowest BCUT2D eigenvalue weighted by Crippen LogP contribution is -2.22. The van der Waals surface area contributed by atoms with E-state index in [-0.39, 0.29) is 6.04 Å². The molecule has 0 aliphatic carbocycles. The smallest absolute Gasteiger partial charge is 0.0591 e. The Morgan fingerprint density at radius 3 is 2.50 bits per heavy atom. The molecule has 94 valence electrons. The predicted molar refractivity (Wildman–Crippen MR) is 78.4 cm³/mol. The molecule has 0 spiro atoms. The van der Waals surface area contributed by atoms with Gasteiger partial charge in [0.05, 0.1) is 6.04 Å². The molecule has 0 bridgehead atoms. The van der Waals surface area contributed by atoms with E-state index in [0.717, 1.165) is 27.7 Å². The van der Waals surface area contributed by atoms with Crippen LogP contribution in [0.3, 0.4) is 0 Å². The van der Waals surface area contributed by atoms with Crippen LogP contribution in [0, 0.1) is 0 Å². The lowest BCUT2D eigenvalue weighted by atomic mass is 9.98. The normalized spacial score (nSPS) is 12.4. The Labute approximate surface area is 118 Å². The number of halogens is 2. The maximum atomic E-state index is 6.27. The fourth-order valence-electron chi connectivity index (χ4n) is 2.01. The summed E-state index contributed by atoms with van der Waals surface area (Å²) in [5, 5.41) is 4.95. The summed E-state index contributed by atoms with van der Waals surface area (Å²) in [5.74, 6) is 0. The minimum absolute atomic E-state index is 0.0717. The second-order valence-corrected chi connectivity index (χ2v) is 4.91. The molecule has 0 aromatic heterocycles. The molecule has 1 unspecified atom stereocenters. The van der Waals surface area contributed by atoms with Gasteiger partial charge in [0, 0.05) is 10.0 Å². The predicted octanol–water partition coefficient (Wildman–Crippen LogP) is 4.69. The Bertz CT molecular complexity index is 525. The summed E-state index contributed by atoms with van der Waals surface area (Å²) in [6.07, 6.45) is 0. The molecule has 0 saturated carbocycles. The van der Waals surface area contributed by atoms with Crippen LogP contribution in [0.5, 0.6) is 0 Å². The molecule has 0 saturated heterocycles. The van der Waals surface area contributed by atoms with Gasteiger partial charge < -0.3 is 5.32 Å². The van der Waals surface area contributed by atoms with Gasteiger partial charge in [-0.2, -0.15) is 0 Å². The van der Waals surface area contributed by atoms with Crippen LogP contribution in [-0.4, -0.2) is 6.54 Å². The molecule has 1 N–H and O–H groups in total. The van der Waals surface area contributed by atoms with Gasteiger partial charge in [-0.15, -0.1) is 0 Å². The van der Waals surface area contributed by atoms with Crippen molar-refractivity contribution < 1.29 is 0 Å². The minimum Gasteiger partial charge on any atom is -0.306 e. The molecule has 2 aromatic carbocycles. The van der Waals surface area contributed by atoms with Crippen molar-refractivity contribution >= 4 is 23.2 Å². The quantitative estimate of drug-likeness (QED) is 0.856. The molecule has 3 heteroatoms. The largest absolute Gasteiger partial charge is 0.306 e. The van der Waals surface area contributed by atoms with E-state index in [1.807, 2.05) is 42.5 Å². The highest BCUT2D eigenvalue weighted by Gasteiger charge is 2.15. The van der Waals surface area contributed by atoms with Crippen molar-refractivity contribution in [1.82, 2.24) is 5.32 Å². The van der Waals surface area contributed by atoms with E-state index in [4.69, 9.17) is 23.2 Å². The second kappa shape index (κ2) is 6.24. The van der Waals surface area contributed by atoms with Crippen molar-refractivity contribution in [3.63, 3.8) is 0 Å². The summed E-state index contributed by atoms with van der Waals surface area (Å²) in [5.41, 5.74) is 2.20. The second-order valence-electron chi connectivity index (χ2n) is 4.07. The number of hydrogen-bond donors (Lipinski definition) is 1.